The number of ether oxygens (including phenoxy) is 1. The second-order valence-electron chi connectivity index (χ2n) is 13.6. The van der Waals surface area contributed by atoms with E-state index in [2.05, 4.69) is 38.5 Å². The number of carbonyl (C=O) groups excluding carboxylic acids is 1. The lowest BCUT2D eigenvalue weighted by Crippen LogP contribution is -2.49. The lowest BCUT2D eigenvalue weighted by atomic mass is 9.72. The fourth-order valence-corrected chi connectivity index (χ4v) is 8.80. The van der Waals surface area contributed by atoms with Crippen molar-refractivity contribution < 1.29 is 26.8 Å². The van der Waals surface area contributed by atoms with Gasteiger partial charge in [0.25, 0.3) is 0 Å². The summed E-state index contributed by atoms with van der Waals surface area (Å²) in [6, 6.07) is 16.3. The first-order chi connectivity index (χ1) is 23.6. The highest BCUT2D eigenvalue weighted by molar-refractivity contribution is 7.88. The Morgan fingerprint density at radius 1 is 1.00 bits per heavy atom. The van der Waals surface area contributed by atoms with E-state index in [-0.39, 0.29) is 24.1 Å². The van der Waals surface area contributed by atoms with Gasteiger partial charge in [0, 0.05) is 45.0 Å². The standard InChI is InChI=1S/C36H30N6O6S/c1-16(2)28-34-40-30-31(48-34)36-21-8-4-7-19(18-6-5-9-23-27(18)20(14-37-23)26-15-38-33(30)46-26)29(21)41-35(36)47-25-11-10-17(12-22(25)36)13-24(32(43)39-28)42-49(3,44)45/h4-12,14-16,24,28,35,37,41-42H,13H2,1-3H3,(H,39,43)/t24-,28-,35?,36?/m0/s1. The van der Waals surface area contributed by atoms with Crippen LogP contribution >= 0.6 is 0 Å². The third kappa shape index (κ3) is 3.88. The number of benzene rings is 3. The van der Waals surface area contributed by atoms with Crippen molar-refractivity contribution in [2.75, 3.05) is 11.6 Å². The summed E-state index contributed by atoms with van der Waals surface area (Å²) in [6.07, 6.45) is 4.14. The molecule has 0 saturated carbocycles. The Morgan fingerprint density at radius 2 is 1.84 bits per heavy atom. The third-order valence-corrected chi connectivity index (χ3v) is 10.9. The first-order valence-corrected chi connectivity index (χ1v) is 18.1. The summed E-state index contributed by atoms with van der Waals surface area (Å²) in [4.78, 5) is 27.1. The monoisotopic (exact) mass is 674 g/mol. The van der Waals surface area contributed by atoms with Crippen LogP contribution in [0.2, 0.25) is 0 Å². The highest BCUT2D eigenvalue weighted by atomic mass is 32.2. The molecule has 2 unspecified atom stereocenters. The molecule has 4 N–H and O–H groups in total. The van der Waals surface area contributed by atoms with Crippen LogP contribution in [0, 0.1) is 5.92 Å². The minimum Gasteiger partial charge on any atom is -0.469 e. The van der Waals surface area contributed by atoms with Crippen molar-refractivity contribution in [3.8, 4) is 39.8 Å². The Kier molecular flexibility index (Phi) is 5.61. The molecule has 1 amide bonds. The molecule has 13 heteroatoms. The number of amides is 1. The number of hydrogen-bond acceptors (Lipinski definition) is 9. The highest BCUT2D eigenvalue weighted by Gasteiger charge is 2.61. The second-order valence-corrected chi connectivity index (χ2v) is 15.4. The molecule has 0 aliphatic carbocycles. The highest BCUT2D eigenvalue weighted by Crippen LogP contribution is 2.61. The summed E-state index contributed by atoms with van der Waals surface area (Å²) in [7, 11) is -3.74. The first kappa shape index (κ1) is 28.6. The zero-order valence-electron chi connectivity index (χ0n) is 26.6. The molecule has 4 aliphatic rings. The third-order valence-electron chi connectivity index (χ3n) is 10.2. The molecule has 1 spiro atoms. The fourth-order valence-electron chi connectivity index (χ4n) is 8.09. The molecule has 6 aromatic rings. The lowest BCUT2D eigenvalue weighted by molar-refractivity contribution is -0.124. The van der Waals surface area contributed by atoms with Crippen molar-refractivity contribution in [1.29, 1.82) is 0 Å². The number of nitrogens with one attached hydrogen (secondary N) is 4. The van der Waals surface area contributed by atoms with Gasteiger partial charge in [-0.25, -0.2) is 23.1 Å². The van der Waals surface area contributed by atoms with E-state index in [0.717, 1.165) is 56.2 Å². The molecular formula is C36H30N6O6S. The molecule has 3 aromatic carbocycles. The first-order valence-electron chi connectivity index (χ1n) is 16.2. The Labute approximate surface area is 280 Å². The SMILES string of the molecule is CC(C)[C@@H]1NC(=O)[C@@H](NS(C)(=O)=O)Cc2ccc3c(c2)C24c5cccc(c5NC2O3)-c2cccc3[nH]cc(c23)-c2cnc(o2)-c2nc1oc24. The van der Waals surface area contributed by atoms with E-state index in [1.54, 1.807) is 6.20 Å². The molecule has 7 heterocycles. The molecular weight excluding hydrogens is 644 g/mol. The predicted octanol–water partition coefficient (Wildman–Crippen LogP) is 5.22. The van der Waals surface area contributed by atoms with Gasteiger partial charge >= 0.3 is 0 Å². The van der Waals surface area contributed by atoms with Crippen molar-refractivity contribution in [1.82, 2.24) is 25.0 Å². The van der Waals surface area contributed by atoms with Crippen molar-refractivity contribution in [2.45, 2.75) is 44.0 Å². The molecule has 4 aliphatic heterocycles. The number of nitrogens with zero attached hydrogens (tertiary/aromatic N) is 2. The molecule has 246 valence electrons. The number of anilines is 1. The van der Waals surface area contributed by atoms with E-state index in [0.29, 0.717) is 23.0 Å². The number of H-pyrrole nitrogens is 1. The fraction of sp³-hybridized carbons (Fsp3) is 0.250. The molecule has 3 aromatic heterocycles. The maximum absolute atomic E-state index is 13.9. The zero-order chi connectivity index (χ0) is 33.4. The van der Waals surface area contributed by atoms with Gasteiger partial charge in [-0.05, 0) is 35.6 Å². The van der Waals surface area contributed by atoms with Gasteiger partial charge in [0.05, 0.1) is 12.5 Å². The number of aromatic amines is 1. The Bertz CT molecular complexity index is 2510. The van der Waals surface area contributed by atoms with E-state index in [1.807, 2.05) is 56.4 Å². The second kappa shape index (κ2) is 9.61. The van der Waals surface area contributed by atoms with Gasteiger partial charge in [-0.15, -0.1) is 0 Å². The Balaban J connectivity index is 1.34. The molecule has 4 atom stereocenters. The van der Waals surface area contributed by atoms with E-state index in [4.69, 9.17) is 23.5 Å². The number of sulfonamides is 1. The normalized spacial score (nSPS) is 22.9. The number of carbonyl (C=O) groups is 1. The summed E-state index contributed by atoms with van der Waals surface area (Å²) < 4.78 is 47.8. The van der Waals surface area contributed by atoms with Crippen LogP contribution in [0.25, 0.3) is 44.9 Å². The molecule has 12 nitrogen and oxygen atoms in total. The number of oxazole rings is 2. The van der Waals surface area contributed by atoms with Crippen LogP contribution in [-0.2, 0) is 26.7 Å². The van der Waals surface area contributed by atoms with Crippen molar-refractivity contribution >= 4 is 32.5 Å². The molecule has 10 bridgehead atoms. The van der Waals surface area contributed by atoms with Crippen molar-refractivity contribution in [3.63, 3.8) is 0 Å². The van der Waals surface area contributed by atoms with Crippen LogP contribution in [0.3, 0.4) is 0 Å². The lowest BCUT2D eigenvalue weighted by Gasteiger charge is -2.28. The van der Waals surface area contributed by atoms with Gasteiger partial charge in [-0.1, -0.05) is 56.3 Å². The maximum atomic E-state index is 13.9. The minimum absolute atomic E-state index is 0.110. The van der Waals surface area contributed by atoms with Gasteiger partial charge in [0.1, 0.15) is 23.2 Å². The number of fused-ring (bicyclic) bond motifs is 7. The average Bonchev–Trinajstić information content (AvgIpc) is 3.87. The molecule has 10 rings (SSSR count). The van der Waals surface area contributed by atoms with Gasteiger partial charge in [-0.3, -0.25) is 4.79 Å². The zero-order valence-corrected chi connectivity index (χ0v) is 27.4. The summed E-state index contributed by atoms with van der Waals surface area (Å²) in [5, 5.41) is 7.78. The van der Waals surface area contributed by atoms with Crippen LogP contribution in [0.5, 0.6) is 5.75 Å². The van der Waals surface area contributed by atoms with Gasteiger partial charge in [0.2, 0.25) is 27.7 Å². The average molecular weight is 675 g/mol. The van der Waals surface area contributed by atoms with Crippen molar-refractivity contribution in [2.24, 2.45) is 5.92 Å². The summed E-state index contributed by atoms with van der Waals surface area (Å²) in [5.74, 6) is 1.49. The van der Waals surface area contributed by atoms with Crippen LogP contribution in [0.4, 0.5) is 5.69 Å². The summed E-state index contributed by atoms with van der Waals surface area (Å²) >= 11 is 0. The molecule has 0 fully saturated rings. The number of rotatable bonds is 3. The van der Waals surface area contributed by atoms with Crippen LogP contribution in [0.15, 0.2) is 75.8 Å². The van der Waals surface area contributed by atoms with Crippen molar-refractivity contribution in [3.05, 3.63) is 95.3 Å². The Hall–Kier alpha value is -5.40. The van der Waals surface area contributed by atoms with Gasteiger partial charge in [-0.2, -0.15) is 0 Å². The number of aromatic nitrogens is 3. The number of hydrogen-bond donors (Lipinski definition) is 4. The summed E-state index contributed by atoms with van der Waals surface area (Å²) in [6.45, 7) is 3.89. The largest absolute Gasteiger partial charge is 0.469 e. The smallest absolute Gasteiger partial charge is 0.249 e. The van der Waals surface area contributed by atoms with Gasteiger partial charge in [0.15, 0.2) is 23.4 Å². The van der Waals surface area contributed by atoms with Gasteiger partial charge < -0.3 is 29.2 Å². The maximum Gasteiger partial charge on any atom is 0.249 e. The minimum atomic E-state index is -3.74. The van der Waals surface area contributed by atoms with E-state index < -0.39 is 39.7 Å². The quantitative estimate of drug-likeness (QED) is 0.197. The van der Waals surface area contributed by atoms with E-state index >= 15 is 0 Å². The predicted molar refractivity (Wildman–Crippen MR) is 180 cm³/mol. The van der Waals surface area contributed by atoms with Crippen LogP contribution in [-0.4, -0.2) is 47.8 Å². The molecule has 0 radical (unpaired) electrons. The topological polar surface area (TPSA) is 164 Å². The molecule has 0 saturated heterocycles. The summed E-state index contributed by atoms with van der Waals surface area (Å²) in [5.41, 5.74) is 6.48. The number of para-hydroxylation sites is 1. The van der Waals surface area contributed by atoms with E-state index in [1.165, 1.54) is 0 Å². The Morgan fingerprint density at radius 3 is 2.67 bits per heavy atom. The van der Waals surface area contributed by atoms with Crippen LogP contribution < -0.4 is 20.1 Å². The van der Waals surface area contributed by atoms with E-state index in [9.17, 15) is 13.2 Å². The van der Waals surface area contributed by atoms with Crippen LogP contribution in [0.1, 0.15) is 48.2 Å². The molecule has 49 heavy (non-hydrogen) atoms.